The molecule has 11 heteroatoms. The summed E-state index contributed by atoms with van der Waals surface area (Å²) in [5.74, 6) is 0.348. The second-order valence-electron chi connectivity index (χ2n) is 9.03. The minimum Gasteiger partial charge on any atom is -0.463 e. The normalized spacial score (nSPS) is 15.1. The highest BCUT2D eigenvalue weighted by atomic mass is 32.2. The Bertz CT molecular complexity index is 1850. The number of aryl methyl sites for hydroxylation is 1. The molecule has 0 saturated carbocycles. The van der Waals surface area contributed by atoms with E-state index in [4.69, 9.17) is 9.15 Å². The Morgan fingerprint density at radius 2 is 1.95 bits per heavy atom. The third kappa shape index (κ3) is 5.05. The molecular weight excluding hydrogens is 550 g/mol. The Kier molecular flexibility index (Phi) is 7.59. The first kappa shape index (κ1) is 27.4. The molecule has 0 N–H and O–H groups in total. The van der Waals surface area contributed by atoms with Crippen LogP contribution in [0.25, 0.3) is 17.4 Å². The number of furan rings is 1. The van der Waals surface area contributed by atoms with E-state index in [1.807, 2.05) is 37.4 Å². The third-order valence-electron chi connectivity index (χ3n) is 6.55. The number of nitro benzene ring substituents is 1. The zero-order chi connectivity index (χ0) is 28.6. The van der Waals surface area contributed by atoms with Crippen LogP contribution in [0.1, 0.15) is 36.8 Å². The molecule has 9 nitrogen and oxygen atoms in total. The van der Waals surface area contributed by atoms with Crippen LogP contribution in [-0.4, -0.2) is 28.3 Å². The first-order valence-corrected chi connectivity index (χ1v) is 14.4. The minimum atomic E-state index is -0.701. The molecule has 0 fully saturated rings. The van der Waals surface area contributed by atoms with Crippen molar-refractivity contribution in [1.82, 2.24) is 4.57 Å². The van der Waals surface area contributed by atoms with Crippen molar-refractivity contribution >= 4 is 40.8 Å². The molecule has 5 rings (SSSR count). The quantitative estimate of drug-likeness (QED) is 0.132. The van der Waals surface area contributed by atoms with Gasteiger partial charge in [0, 0.05) is 28.7 Å². The monoisotopic (exact) mass is 575 g/mol. The van der Waals surface area contributed by atoms with Crippen molar-refractivity contribution in [1.29, 1.82) is 0 Å². The number of carbonyl (C=O) groups excluding carboxylic acids is 1. The fraction of sp³-hybridized carbons (Fsp3) is 0.207. The van der Waals surface area contributed by atoms with E-state index in [2.05, 4.69) is 4.99 Å². The Hall–Kier alpha value is -4.22. The number of aromatic nitrogens is 1. The second-order valence-corrected chi connectivity index (χ2v) is 10.9. The molecule has 204 valence electrons. The summed E-state index contributed by atoms with van der Waals surface area (Å²) in [5.41, 5.74) is 2.64. The number of thiazole rings is 1. The first-order valence-electron chi connectivity index (χ1n) is 12.4. The van der Waals surface area contributed by atoms with Gasteiger partial charge in [0.15, 0.2) is 4.80 Å². The number of nitro groups is 1. The van der Waals surface area contributed by atoms with E-state index in [1.165, 1.54) is 28.0 Å². The van der Waals surface area contributed by atoms with Crippen LogP contribution in [0.3, 0.4) is 0 Å². The van der Waals surface area contributed by atoms with Gasteiger partial charge in [0.25, 0.3) is 11.2 Å². The summed E-state index contributed by atoms with van der Waals surface area (Å²) < 4.78 is 13.2. The zero-order valence-electron chi connectivity index (χ0n) is 22.2. The molecule has 0 unspecified atom stereocenters. The van der Waals surface area contributed by atoms with E-state index < -0.39 is 16.9 Å². The molecule has 0 saturated heterocycles. The van der Waals surface area contributed by atoms with Crippen molar-refractivity contribution in [3.63, 3.8) is 0 Å². The molecule has 0 bridgehead atoms. The van der Waals surface area contributed by atoms with Gasteiger partial charge in [-0.3, -0.25) is 19.5 Å². The smallest absolute Gasteiger partial charge is 0.338 e. The number of hydrogen-bond acceptors (Lipinski definition) is 9. The number of allylic oxidation sites excluding steroid dienone is 1. The fourth-order valence-electron chi connectivity index (χ4n) is 4.59. The summed E-state index contributed by atoms with van der Waals surface area (Å²) in [5, 5.41) is 11.3. The molecule has 0 radical (unpaired) electrons. The average molecular weight is 576 g/mol. The van der Waals surface area contributed by atoms with Crippen molar-refractivity contribution in [2.24, 2.45) is 4.99 Å². The first-order chi connectivity index (χ1) is 19.2. The van der Waals surface area contributed by atoms with E-state index in [-0.39, 0.29) is 17.9 Å². The largest absolute Gasteiger partial charge is 0.463 e. The van der Waals surface area contributed by atoms with Gasteiger partial charge in [-0.1, -0.05) is 29.5 Å². The molecule has 2 aromatic heterocycles. The molecule has 0 aliphatic carbocycles. The van der Waals surface area contributed by atoms with Gasteiger partial charge in [0.1, 0.15) is 11.5 Å². The molecule has 4 aromatic rings. The number of benzene rings is 2. The average Bonchev–Trinajstić information content (AvgIpc) is 3.52. The maximum absolute atomic E-state index is 13.8. The highest BCUT2D eigenvalue weighted by Crippen LogP contribution is 2.32. The van der Waals surface area contributed by atoms with Crippen molar-refractivity contribution in [2.45, 2.75) is 31.7 Å². The van der Waals surface area contributed by atoms with Crippen LogP contribution in [0, 0.1) is 17.0 Å². The van der Waals surface area contributed by atoms with Crippen molar-refractivity contribution < 1.29 is 18.9 Å². The molecular formula is C29H25N3O6S2. The van der Waals surface area contributed by atoms with Crippen LogP contribution in [-0.2, 0) is 9.53 Å². The van der Waals surface area contributed by atoms with Gasteiger partial charge < -0.3 is 9.15 Å². The number of rotatable bonds is 7. The van der Waals surface area contributed by atoms with Crippen molar-refractivity contribution in [2.75, 3.05) is 12.9 Å². The van der Waals surface area contributed by atoms with Crippen LogP contribution < -0.4 is 14.9 Å². The zero-order valence-corrected chi connectivity index (χ0v) is 23.8. The Labute approximate surface area is 237 Å². The number of esters is 1. The standard InChI is InChI=1S/C29H25N3O6S2/c1-5-37-28(34)25-17(3)30-29-31(26(25)18-7-11-21(39-4)12-8-18)27(33)24(40-29)15-20-10-13-23(38-20)22-14-19(32(35)36)9-6-16(22)2/h6-15,26H,5H2,1-4H3/b24-15-/t26-/m1/s1. The summed E-state index contributed by atoms with van der Waals surface area (Å²) in [7, 11) is 0. The van der Waals surface area contributed by atoms with Crippen LogP contribution >= 0.6 is 23.1 Å². The topological polar surface area (TPSA) is 117 Å². The molecule has 1 aliphatic heterocycles. The predicted octanol–water partition coefficient (Wildman–Crippen LogP) is 5.00. The molecule has 1 aliphatic rings. The van der Waals surface area contributed by atoms with Crippen LogP contribution in [0.4, 0.5) is 5.69 Å². The van der Waals surface area contributed by atoms with Gasteiger partial charge in [-0.25, -0.2) is 9.79 Å². The predicted molar refractivity (Wildman–Crippen MR) is 154 cm³/mol. The van der Waals surface area contributed by atoms with Crippen molar-refractivity contribution in [3.05, 3.63) is 113 Å². The fourth-order valence-corrected chi connectivity index (χ4v) is 6.02. The van der Waals surface area contributed by atoms with Crippen LogP contribution in [0.15, 0.2) is 85.0 Å². The van der Waals surface area contributed by atoms with E-state index >= 15 is 0 Å². The van der Waals surface area contributed by atoms with Crippen molar-refractivity contribution in [3.8, 4) is 11.3 Å². The van der Waals surface area contributed by atoms with Gasteiger partial charge in [0.2, 0.25) is 0 Å². The summed E-state index contributed by atoms with van der Waals surface area (Å²) >= 11 is 2.80. The lowest BCUT2D eigenvalue weighted by Gasteiger charge is -2.24. The lowest BCUT2D eigenvalue weighted by atomic mass is 9.96. The number of carbonyl (C=O) groups is 1. The SMILES string of the molecule is CCOC(=O)C1=C(C)N=c2s/c(=C\c3ccc(-c4cc([N+](=O)[O-])ccc4C)o3)c(=O)n2[C@@H]1c1ccc(SC)cc1. The number of thioether (sulfide) groups is 1. The Morgan fingerprint density at radius 1 is 1.20 bits per heavy atom. The third-order valence-corrected chi connectivity index (χ3v) is 8.27. The van der Waals surface area contributed by atoms with Gasteiger partial charge in [-0.2, -0.15) is 0 Å². The molecule has 2 aromatic carbocycles. The summed E-state index contributed by atoms with van der Waals surface area (Å²) in [6, 6.07) is 15.0. The molecule has 0 spiro atoms. The second kappa shape index (κ2) is 11.1. The lowest BCUT2D eigenvalue weighted by Crippen LogP contribution is -2.39. The van der Waals surface area contributed by atoms with Gasteiger partial charge in [-0.05, 0) is 62.4 Å². The van der Waals surface area contributed by atoms with Crippen LogP contribution in [0.5, 0.6) is 0 Å². The number of non-ortho nitro benzene ring substituents is 1. The highest BCUT2D eigenvalue weighted by molar-refractivity contribution is 7.98. The summed E-state index contributed by atoms with van der Waals surface area (Å²) in [6.07, 6.45) is 3.60. The number of nitrogens with zero attached hydrogens (tertiary/aromatic N) is 3. The lowest BCUT2D eigenvalue weighted by molar-refractivity contribution is -0.384. The Balaban J connectivity index is 1.62. The molecule has 1 atom stereocenters. The number of ether oxygens (including phenoxy) is 1. The molecule has 40 heavy (non-hydrogen) atoms. The van der Waals surface area contributed by atoms with Gasteiger partial charge in [-0.15, -0.1) is 11.8 Å². The van der Waals surface area contributed by atoms with E-state index in [1.54, 1.807) is 49.9 Å². The summed E-state index contributed by atoms with van der Waals surface area (Å²) in [4.78, 5) is 43.8. The number of hydrogen-bond donors (Lipinski definition) is 0. The molecule has 0 amide bonds. The van der Waals surface area contributed by atoms with E-state index in [0.717, 1.165) is 16.0 Å². The maximum atomic E-state index is 13.8. The maximum Gasteiger partial charge on any atom is 0.338 e. The highest BCUT2D eigenvalue weighted by Gasteiger charge is 2.33. The molecule has 3 heterocycles. The number of fused-ring (bicyclic) bond motifs is 1. The van der Waals surface area contributed by atoms with E-state index in [0.29, 0.717) is 37.7 Å². The Morgan fingerprint density at radius 3 is 2.62 bits per heavy atom. The minimum absolute atomic E-state index is 0.0369. The van der Waals surface area contributed by atoms with Gasteiger partial charge >= 0.3 is 5.97 Å². The summed E-state index contributed by atoms with van der Waals surface area (Å²) in [6.45, 7) is 5.52. The van der Waals surface area contributed by atoms with Gasteiger partial charge in [0.05, 0.1) is 33.4 Å². The van der Waals surface area contributed by atoms with E-state index in [9.17, 15) is 19.7 Å². The van der Waals surface area contributed by atoms with Crippen LogP contribution in [0.2, 0.25) is 0 Å².